The molecule has 0 fully saturated rings. The number of aromatic nitrogens is 1. The summed E-state index contributed by atoms with van der Waals surface area (Å²) in [4.78, 5) is 8.05. The lowest BCUT2D eigenvalue weighted by molar-refractivity contribution is 0.316. The van der Waals surface area contributed by atoms with E-state index in [0.29, 0.717) is 0 Å². The third-order valence-electron chi connectivity index (χ3n) is 3.16. The number of nitrogens with zero attached hydrogens (tertiary/aromatic N) is 2. The molecule has 0 spiro atoms. The maximum Gasteiger partial charge on any atom is 0.183 e. The minimum atomic E-state index is 0.948. The predicted octanol–water partition coefficient (Wildman–Crippen LogP) is 3.56. The van der Waals surface area contributed by atoms with Gasteiger partial charge in [0.1, 0.15) is 0 Å². The van der Waals surface area contributed by atoms with Crippen molar-refractivity contribution in [2.45, 2.75) is 13.8 Å². The number of thiazole rings is 1. The van der Waals surface area contributed by atoms with Gasteiger partial charge < -0.3 is 10.2 Å². The fourth-order valence-electron chi connectivity index (χ4n) is 1.95. The molecule has 0 atom stereocenters. The highest BCUT2D eigenvalue weighted by Gasteiger charge is 2.04. The number of nitrogens with one attached hydrogen (secondary N) is 1. The van der Waals surface area contributed by atoms with Gasteiger partial charge in [0.15, 0.2) is 5.13 Å². The van der Waals surface area contributed by atoms with Crippen molar-refractivity contribution in [3.8, 4) is 10.4 Å². The maximum atomic E-state index is 4.43. The summed E-state index contributed by atoms with van der Waals surface area (Å²) >= 11 is 1.71. The van der Waals surface area contributed by atoms with Crippen molar-refractivity contribution in [1.29, 1.82) is 0 Å². The summed E-state index contributed by atoms with van der Waals surface area (Å²) in [6, 6.07) is 10.4. The zero-order valence-electron chi connectivity index (χ0n) is 11.6. The molecule has 1 aromatic carbocycles. The number of likely N-dealkylation sites (N-methyl/N-ethyl adjacent to an activating group) is 1. The van der Waals surface area contributed by atoms with Crippen molar-refractivity contribution in [2.75, 3.05) is 31.5 Å². The first-order chi connectivity index (χ1) is 9.33. The molecule has 1 aromatic heterocycles. The highest BCUT2D eigenvalue weighted by atomic mass is 32.1. The van der Waals surface area contributed by atoms with Crippen molar-refractivity contribution in [2.24, 2.45) is 0 Å². The van der Waals surface area contributed by atoms with E-state index in [2.05, 4.69) is 53.3 Å². The van der Waals surface area contributed by atoms with Gasteiger partial charge in [-0.2, -0.15) is 0 Å². The Morgan fingerprint density at radius 3 is 2.58 bits per heavy atom. The van der Waals surface area contributed by atoms with Crippen LogP contribution in [0.4, 0.5) is 5.13 Å². The van der Waals surface area contributed by atoms with E-state index in [4.69, 9.17) is 0 Å². The monoisotopic (exact) mass is 275 g/mol. The summed E-state index contributed by atoms with van der Waals surface area (Å²) < 4.78 is 0. The van der Waals surface area contributed by atoms with E-state index < -0.39 is 0 Å². The van der Waals surface area contributed by atoms with Crippen LogP contribution in [0.1, 0.15) is 13.8 Å². The highest BCUT2D eigenvalue weighted by molar-refractivity contribution is 7.18. The summed E-state index contributed by atoms with van der Waals surface area (Å²) in [7, 11) is 0. The third kappa shape index (κ3) is 4.04. The quantitative estimate of drug-likeness (QED) is 0.837. The summed E-state index contributed by atoms with van der Waals surface area (Å²) in [5.41, 5.74) is 1.23. The average molecular weight is 275 g/mol. The van der Waals surface area contributed by atoms with Gasteiger partial charge in [-0.05, 0) is 18.7 Å². The molecule has 19 heavy (non-hydrogen) atoms. The van der Waals surface area contributed by atoms with Gasteiger partial charge in [0.05, 0.1) is 4.88 Å². The molecule has 102 valence electrons. The van der Waals surface area contributed by atoms with Crippen LogP contribution in [0.25, 0.3) is 10.4 Å². The predicted molar refractivity (Wildman–Crippen MR) is 83.8 cm³/mol. The van der Waals surface area contributed by atoms with Crippen molar-refractivity contribution >= 4 is 16.5 Å². The molecule has 4 heteroatoms. The normalized spacial score (nSPS) is 10.9. The molecule has 0 aliphatic carbocycles. The van der Waals surface area contributed by atoms with E-state index in [0.717, 1.165) is 31.3 Å². The molecule has 0 radical (unpaired) electrons. The lowest BCUT2D eigenvalue weighted by Crippen LogP contribution is -2.28. The first-order valence-electron chi connectivity index (χ1n) is 6.81. The molecule has 0 unspecified atom stereocenters. The van der Waals surface area contributed by atoms with Crippen LogP contribution in [0.15, 0.2) is 36.5 Å². The zero-order valence-corrected chi connectivity index (χ0v) is 12.4. The lowest BCUT2D eigenvalue weighted by atomic mass is 10.2. The van der Waals surface area contributed by atoms with Gasteiger partial charge in [-0.1, -0.05) is 55.5 Å². The molecule has 0 aliphatic heterocycles. The first-order valence-corrected chi connectivity index (χ1v) is 7.62. The zero-order chi connectivity index (χ0) is 13.5. The Kier molecular flexibility index (Phi) is 5.36. The number of rotatable bonds is 7. The van der Waals surface area contributed by atoms with Crippen molar-refractivity contribution in [3.63, 3.8) is 0 Å². The molecule has 1 heterocycles. The van der Waals surface area contributed by atoms with Crippen molar-refractivity contribution < 1.29 is 0 Å². The molecule has 2 rings (SSSR count). The summed E-state index contributed by atoms with van der Waals surface area (Å²) in [5.74, 6) is 0. The number of anilines is 1. The Morgan fingerprint density at radius 1 is 1.16 bits per heavy atom. The highest BCUT2D eigenvalue weighted by Crippen LogP contribution is 2.28. The van der Waals surface area contributed by atoms with E-state index in [1.807, 2.05) is 12.3 Å². The molecule has 0 aliphatic rings. The third-order valence-corrected chi connectivity index (χ3v) is 4.17. The van der Waals surface area contributed by atoms with Crippen molar-refractivity contribution in [3.05, 3.63) is 36.5 Å². The summed E-state index contributed by atoms with van der Waals surface area (Å²) in [6.45, 7) is 8.61. The van der Waals surface area contributed by atoms with Gasteiger partial charge >= 0.3 is 0 Å². The minimum Gasteiger partial charge on any atom is -0.360 e. The summed E-state index contributed by atoms with van der Waals surface area (Å²) in [5, 5.41) is 4.41. The van der Waals surface area contributed by atoms with Gasteiger partial charge in [-0.15, -0.1) is 0 Å². The molecule has 0 amide bonds. The van der Waals surface area contributed by atoms with Crippen LogP contribution in [0.2, 0.25) is 0 Å². The standard InChI is InChI=1S/C15H21N3S/c1-3-18(4-2)11-10-16-15-17-12-14(19-15)13-8-6-5-7-9-13/h5-9,12H,3-4,10-11H2,1-2H3,(H,16,17). The second kappa shape index (κ2) is 7.26. The molecule has 0 saturated heterocycles. The number of hydrogen-bond donors (Lipinski definition) is 1. The van der Waals surface area contributed by atoms with E-state index >= 15 is 0 Å². The van der Waals surface area contributed by atoms with Crippen LogP contribution >= 0.6 is 11.3 Å². The van der Waals surface area contributed by atoms with Crippen LogP contribution in [-0.2, 0) is 0 Å². The minimum absolute atomic E-state index is 0.948. The SMILES string of the molecule is CCN(CC)CCNc1ncc(-c2ccccc2)s1. The maximum absolute atomic E-state index is 4.43. The van der Waals surface area contributed by atoms with E-state index in [-0.39, 0.29) is 0 Å². The topological polar surface area (TPSA) is 28.2 Å². The molecular formula is C15H21N3S. The van der Waals surface area contributed by atoms with E-state index in [1.165, 1.54) is 10.4 Å². The fraction of sp³-hybridized carbons (Fsp3) is 0.400. The molecule has 3 nitrogen and oxygen atoms in total. The largest absolute Gasteiger partial charge is 0.360 e. The van der Waals surface area contributed by atoms with Crippen LogP contribution in [0, 0.1) is 0 Å². The van der Waals surface area contributed by atoms with Crippen molar-refractivity contribution in [1.82, 2.24) is 9.88 Å². The molecular weight excluding hydrogens is 254 g/mol. The fourth-order valence-corrected chi connectivity index (χ4v) is 2.80. The molecule has 1 N–H and O–H groups in total. The van der Waals surface area contributed by atoms with Crippen LogP contribution in [0.5, 0.6) is 0 Å². The molecule has 2 aromatic rings. The van der Waals surface area contributed by atoms with Crippen LogP contribution in [-0.4, -0.2) is 36.1 Å². The lowest BCUT2D eigenvalue weighted by Gasteiger charge is -2.17. The Labute approximate surface area is 119 Å². The van der Waals surface area contributed by atoms with Gasteiger partial charge in [-0.3, -0.25) is 0 Å². The number of hydrogen-bond acceptors (Lipinski definition) is 4. The Morgan fingerprint density at radius 2 is 1.89 bits per heavy atom. The van der Waals surface area contributed by atoms with Gasteiger partial charge in [0.2, 0.25) is 0 Å². The Bertz CT molecular complexity index is 477. The van der Waals surface area contributed by atoms with Gasteiger partial charge in [-0.25, -0.2) is 4.98 Å². The second-order valence-electron chi connectivity index (χ2n) is 4.35. The van der Waals surface area contributed by atoms with E-state index in [1.54, 1.807) is 11.3 Å². The second-order valence-corrected chi connectivity index (χ2v) is 5.38. The molecule has 0 bridgehead atoms. The van der Waals surface area contributed by atoms with Crippen LogP contribution < -0.4 is 5.32 Å². The smallest absolute Gasteiger partial charge is 0.183 e. The van der Waals surface area contributed by atoms with Gasteiger partial charge in [0.25, 0.3) is 0 Å². The van der Waals surface area contributed by atoms with Crippen LogP contribution in [0.3, 0.4) is 0 Å². The number of benzene rings is 1. The Balaban J connectivity index is 1.88. The average Bonchev–Trinajstić information content (AvgIpc) is 2.93. The molecule has 0 saturated carbocycles. The van der Waals surface area contributed by atoms with E-state index in [9.17, 15) is 0 Å². The Hall–Kier alpha value is -1.39. The first kappa shape index (κ1) is 14.0. The van der Waals surface area contributed by atoms with Gasteiger partial charge in [0, 0.05) is 19.3 Å². The summed E-state index contributed by atoms with van der Waals surface area (Å²) in [6.07, 6.45) is 1.94.